The molecule has 1 atom stereocenters. The third-order valence-corrected chi connectivity index (χ3v) is 2.50. The molecule has 0 saturated heterocycles. The second-order valence-corrected chi connectivity index (χ2v) is 3.80. The highest BCUT2D eigenvalue weighted by molar-refractivity contribution is 5.99. The van der Waals surface area contributed by atoms with Crippen LogP contribution in [-0.2, 0) is 9.53 Å². The lowest BCUT2D eigenvalue weighted by Gasteiger charge is -2.23. The number of carbonyl (C=O) groups excluding carboxylic acids is 2. The Kier molecular flexibility index (Phi) is 3.18. The molecule has 18 heavy (non-hydrogen) atoms. The van der Waals surface area contributed by atoms with Crippen molar-refractivity contribution >= 4 is 17.6 Å². The first-order valence-electron chi connectivity index (χ1n) is 5.51. The fourth-order valence-electron chi connectivity index (χ4n) is 1.59. The summed E-state index contributed by atoms with van der Waals surface area (Å²) in [6.07, 6.45) is -0.689. The maximum atomic E-state index is 13.7. The van der Waals surface area contributed by atoms with Crippen LogP contribution in [0.15, 0.2) is 12.1 Å². The van der Waals surface area contributed by atoms with Crippen molar-refractivity contribution in [3.8, 4) is 5.75 Å². The van der Waals surface area contributed by atoms with Crippen molar-refractivity contribution in [3.05, 3.63) is 23.5 Å². The number of nitrogens with one attached hydrogen (secondary N) is 1. The van der Waals surface area contributed by atoms with E-state index in [1.165, 1.54) is 6.07 Å². The maximum absolute atomic E-state index is 13.7. The van der Waals surface area contributed by atoms with Crippen LogP contribution in [0.5, 0.6) is 5.75 Å². The smallest absolute Gasteiger partial charge is 0.341 e. The third kappa shape index (κ3) is 2.13. The number of rotatable bonds is 2. The van der Waals surface area contributed by atoms with Gasteiger partial charge >= 0.3 is 5.97 Å². The second-order valence-electron chi connectivity index (χ2n) is 3.80. The molecule has 6 heteroatoms. The summed E-state index contributed by atoms with van der Waals surface area (Å²) < 4.78 is 23.6. The van der Waals surface area contributed by atoms with E-state index in [9.17, 15) is 14.0 Å². The fraction of sp³-hybridized carbons (Fsp3) is 0.333. The van der Waals surface area contributed by atoms with E-state index in [0.717, 1.165) is 6.07 Å². The molecule has 0 spiro atoms. The van der Waals surface area contributed by atoms with E-state index < -0.39 is 17.9 Å². The van der Waals surface area contributed by atoms with Gasteiger partial charge in [0.25, 0.3) is 5.91 Å². The van der Waals surface area contributed by atoms with Crippen LogP contribution in [0, 0.1) is 5.82 Å². The number of anilines is 1. The zero-order chi connectivity index (χ0) is 13.3. The average molecular weight is 253 g/mol. The molecule has 96 valence electrons. The largest absolute Gasteiger partial charge is 0.479 e. The summed E-state index contributed by atoms with van der Waals surface area (Å²) in [5.41, 5.74) is 0.0385. The van der Waals surface area contributed by atoms with Crippen molar-refractivity contribution in [2.45, 2.75) is 20.0 Å². The van der Waals surface area contributed by atoms with Crippen LogP contribution >= 0.6 is 0 Å². The Morgan fingerprint density at radius 2 is 2.28 bits per heavy atom. The molecule has 1 aliphatic heterocycles. The number of carbonyl (C=O) groups is 2. The highest BCUT2D eigenvalue weighted by Gasteiger charge is 2.26. The average Bonchev–Trinajstić information content (AvgIpc) is 2.31. The second kappa shape index (κ2) is 4.64. The molecule has 5 nitrogen and oxygen atoms in total. The summed E-state index contributed by atoms with van der Waals surface area (Å²) in [5.74, 6) is -1.65. The van der Waals surface area contributed by atoms with Gasteiger partial charge in [-0.1, -0.05) is 0 Å². The van der Waals surface area contributed by atoms with E-state index in [1.807, 2.05) is 0 Å². The highest BCUT2D eigenvalue weighted by Crippen LogP contribution is 2.32. The molecule has 1 aliphatic rings. The Morgan fingerprint density at radius 1 is 1.56 bits per heavy atom. The van der Waals surface area contributed by atoms with Gasteiger partial charge in [0.1, 0.15) is 11.6 Å². The molecule has 2 rings (SSSR count). The zero-order valence-electron chi connectivity index (χ0n) is 9.95. The first kappa shape index (κ1) is 12.3. The van der Waals surface area contributed by atoms with Gasteiger partial charge in [-0.2, -0.15) is 0 Å². The van der Waals surface area contributed by atoms with Crippen molar-refractivity contribution in [1.82, 2.24) is 0 Å². The SMILES string of the molecule is CCOC(=O)c1cc2c(cc1F)OC(C)C(=O)N2. The standard InChI is InChI=1S/C12H12FNO4/c1-3-17-12(16)7-4-9-10(5-8(7)13)18-6(2)11(15)14-9/h4-6H,3H2,1-2H3,(H,14,15). The Morgan fingerprint density at radius 3 is 2.94 bits per heavy atom. The van der Waals surface area contributed by atoms with Crippen molar-refractivity contribution < 1.29 is 23.5 Å². The van der Waals surface area contributed by atoms with Gasteiger partial charge in [-0.15, -0.1) is 0 Å². The maximum Gasteiger partial charge on any atom is 0.341 e. The number of halogens is 1. The Bertz CT molecular complexity index is 515. The molecule has 0 radical (unpaired) electrons. The molecular weight excluding hydrogens is 241 g/mol. The van der Waals surface area contributed by atoms with Crippen LogP contribution in [0.1, 0.15) is 24.2 Å². The molecule has 1 unspecified atom stereocenters. The van der Waals surface area contributed by atoms with Crippen molar-refractivity contribution in [2.24, 2.45) is 0 Å². The summed E-state index contributed by atoms with van der Waals surface area (Å²) in [6, 6.07) is 2.28. The number of hydrogen-bond acceptors (Lipinski definition) is 4. The van der Waals surface area contributed by atoms with Crippen LogP contribution in [-0.4, -0.2) is 24.6 Å². The lowest BCUT2D eigenvalue weighted by atomic mass is 10.1. The number of esters is 1. The summed E-state index contributed by atoms with van der Waals surface area (Å²) in [6.45, 7) is 3.32. The Labute approximate surface area is 103 Å². The van der Waals surface area contributed by atoms with Gasteiger partial charge in [0, 0.05) is 6.07 Å². The normalized spacial score (nSPS) is 17.5. The summed E-state index contributed by atoms with van der Waals surface area (Å²) in [4.78, 5) is 22.9. The summed E-state index contributed by atoms with van der Waals surface area (Å²) in [7, 11) is 0. The molecule has 0 aromatic heterocycles. The minimum Gasteiger partial charge on any atom is -0.479 e. The first-order valence-corrected chi connectivity index (χ1v) is 5.51. The van der Waals surface area contributed by atoms with Gasteiger partial charge in [0.2, 0.25) is 0 Å². The Hall–Kier alpha value is -2.11. The number of hydrogen-bond donors (Lipinski definition) is 1. The summed E-state index contributed by atoms with van der Waals surface area (Å²) >= 11 is 0. The van der Waals surface area contributed by atoms with Crippen molar-refractivity contribution in [2.75, 3.05) is 11.9 Å². The van der Waals surface area contributed by atoms with Gasteiger partial charge in [0.05, 0.1) is 17.9 Å². The molecule has 0 bridgehead atoms. The van der Waals surface area contributed by atoms with E-state index in [-0.39, 0.29) is 29.5 Å². The number of fused-ring (bicyclic) bond motifs is 1. The number of ether oxygens (including phenoxy) is 2. The molecule has 0 fully saturated rings. The predicted octanol–water partition coefficient (Wildman–Crippen LogP) is 1.72. The Balaban J connectivity index is 2.39. The summed E-state index contributed by atoms with van der Waals surface area (Å²) in [5, 5.41) is 2.54. The molecule has 1 amide bonds. The van der Waals surface area contributed by atoms with Gasteiger partial charge in [0.15, 0.2) is 6.10 Å². The van der Waals surface area contributed by atoms with E-state index in [4.69, 9.17) is 9.47 Å². The van der Waals surface area contributed by atoms with Gasteiger partial charge < -0.3 is 14.8 Å². The molecule has 0 saturated carbocycles. The van der Waals surface area contributed by atoms with Crippen LogP contribution in [0.4, 0.5) is 10.1 Å². The van der Waals surface area contributed by atoms with Crippen LogP contribution in [0.2, 0.25) is 0 Å². The van der Waals surface area contributed by atoms with Crippen molar-refractivity contribution in [1.29, 1.82) is 0 Å². The van der Waals surface area contributed by atoms with E-state index in [1.54, 1.807) is 13.8 Å². The lowest BCUT2D eigenvalue weighted by molar-refractivity contribution is -0.122. The number of amides is 1. The van der Waals surface area contributed by atoms with E-state index in [0.29, 0.717) is 0 Å². The lowest BCUT2D eigenvalue weighted by Crippen LogP contribution is -2.34. The van der Waals surface area contributed by atoms with E-state index >= 15 is 0 Å². The molecule has 1 aromatic rings. The minimum absolute atomic E-state index is 0.148. The van der Waals surface area contributed by atoms with Crippen LogP contribution in [0.25, 0.3) is 0 Å². The molecule has 1 N–H and O–H groups in total. The minimum atomic E-state index is -0.773. The highest BCUT2D eigenvalue weighted by atomic mass is 19.1. The van der Waals surface area contributed by atoms with E-state index in [2.05, 4.69) is 5.32 Å². The predicted molar refractivity (Wildman–Crippen MR) is 61.1 cm³/mol. The zero-order valence-corrected chi connectivity index (χ0v) is 9.95. The molecule has 1 heterocycles. The molecule has 0 aliphatic carbocycles. The molecular formula is C12H12FNO4. The van der Waals surface area contributed by atoms with Crippen molar-refractivity contribution in [3.63, 3.8) is 0 Å². The van der Waals surface area contributed by atoms with Gasteiger partial charge in [-0.3, -0.25) is 4.79 Å². The fourth-order valence-corrected chi connectivity index (χ4v) is 1.59. The monoisotopic (exact) mass is 253 g/mol. The third-order valence-electron chi connectivity index (χ3n) is 2.50. The van der Waals surface area contributed by atoms with Crippen LogP contribution in [0.3, 0.4) is 0 Å². The number of benzene rings is 1. The van der Waals surface area contributed by atoms with Gasteiger partial charge in [-0.05, 0) is 19.9 Å². The quantitative estimate of drug-likeness (QED) is 0.815. The van der Waals surface area contributed by atoms with Crippen LogP contribution < -0.4 is 10.1 Å². The topological polar surface area (TPSA) is 64.6 Å². The van der Waals surface area contributed by atoms with Gasteiger partial charge in [-0.25, -0.2) is 9.18 Å². The first-order chi connectivity index (χ1) is 8.52. The molecule has 1 aromatic carbocycles.